The minimum atomic E-state index is -1.03. The molecule has 0 radical (unpaired) electrons. The number of carbonyl (C=O) groups is 1. The first-order valence-corrected chi connectivity index (χ1v) is 18.5. The van der Waals surface area contributed by atoms with Gasteiger partial charge < -0.3 is 24.2 Å². The Balaban J connectivity index is 1.07. The van der Waals surface area contributed by atoms with Crippen LogP contribution < -0.4 is 9.47 Å². The molecule has 0 spiro atoms. The van der Waals surface area contributed by atoms with Gasteiger partial charge >= 0.3 is 0 Å². The first-order chi connectivity index (χ1) is 26.5. The molecule has 0 bridgehead atoms. The van der Waals surface area contributed by atoms with Crippen LogP contribution in [0.25, 0.3) is 43.1 Å². The predicted octanol–water partition coefficient (Wildman–Crippen LogP) is 9.27. The van der Waals surface area contributed by atoms with E-state index in [1.54, 1.807) is 14.2 Å². The number of hydrogen-bond acceptors (Lipinski definition) is 5. The second-order valence-electron chi connectivity index (χ2n) is 14.3. The Morgan fingerprint density at radius 2 is 1.17 bits per heavy atom. The molecule has 0 saturated carbocycles. The van der Waals surface area contributed by atoms with E-state index in [0.717, 1.165) is 39.1 Å². The summed E-state index contributed by atoms with van der Waals surface area (Å²) in [4.78, 5) is 16.3. The van der Waals surface area contributed by atoms with Crippen molar-refractivity contribution in [2.45, 2.75) is 30.6 Å². The summed E-state index contributed by atoms with van der Waals surface area (Å²) in [6.07, 6.45) is -0.00770. The van der Waals surface area contributed by atoms with Crippen LogP contribution in [0.1, 0.15) is 28.7 Å². The number of hydrogen-bond donors (Lipinski definition) is 1. The van der Waals surface area contributed by atoms with E-state index in [0.29, 0.717) is 6.42 Å². The average molecular weight is 712 g/mol. The van der Waals surface area contributed by atoms with Crippen LogP contribution in [0.4, 0.5) is 0 Å². The van der Waals surface area contributed by atoms with Gasteiger partial charge in [0.25, 0.3) is 0 Å². The smallest absolute Gasteiger partial charge is 0.227 e. The lowest BCUT2D eigenvalue weighted by atomic mass is 9.80. The topological polar surface area (TPSA) is 68.2 Å². The second-order valence-corrected chi connectivity index (χ2v) is 14.3. The molecule has 0 aliphatic carbocycles. The first-order valence-electron chi connectivity index (χ1n) is 18.5. The molecule has 8 aromatic rings. The molecule has 0 unspecified atom stereocenters. The van der Waals surface area contributed by atoms with Crippen molar-refractivity contribution in [3.8, 4) is 11.5 Å². The van der Waals surface area contributed by atoms with Gasteiger partial charge in [-0.05, 0) is 96.0 Å². The molecular formula is C48H41NO5. The number of aliphatic hydroxyl groups excluding tert-OH is 1. The van der Waals surface area contributed by atoms with Crippen LogP contribution in [0.2, 0.25) is 0 Å². The van der Waals surface area contributed by atoms with Crippen molar-refractivity contribution < 1.29 is 24.1 Å². The first kappa shape index (κ1) is 33.9. The number of benzene rings is 8. The lowest BCUT2D eigenvalue weighted by Gasteiger charge is -2.38. The number of rotatable bonds is 10. The summed E-state index contributed by atoms with van der Waals surface area (Å²) >= 11 is 0. The van der Waals surface area contributed by atoms with Crippen molar-refractivity contribution in [1.82, 2.24) is 4.90 Å². The summed E-state index contributed by atoms with van der Waals surface area (Å²) < 4.78 is 18.2. The lowest BCUT2D eigenvalue weighted by molar-refractivity contribution is -0.133. The molecule has 8 aromatic carbocycles. The Kier molecular flexibility index (Phi) is 8.65. The van der Waals surface area contributed by atoms with Gasteiger partial charge in [-0.2, -0.15) is 0 Å². The molecule has 9 rings (SSSR count). The molecule has 1 N–H and O–H groups in total. The molecule has 1 heterocycles. The molecule has 54 heavy (non-hydrogen) atoms. The molecule has 268 valence electrons. The SMILES string of the molecule is COc1ccc(C(OC[C@@H]2C[C@@H](O)CN2C(=O)Cc2ccc3c4cccc5cccc(c6cccc2c63)c54)(c2ccccc2)c2ccc(OC)cc2)cc1. The van der Waals surface area contributed by atoms with E-state index in [2.05, 4.69) is 78.9 Å². The van der Waals surface area contributed by atoms with Crippen molar-refractivity contribution in [3.05, 3.63) is 168 Å². The summed E-state index contributed by atoms with van der Waals surface area (Å²) in [5.41, 5.74) is 2.72. The number of fused-ring (bicyclic) bond motifs is 2. The van der Waals surface area contributed by atoms with Crippen molar-refractivity contribution in [3.63, 3.8) is 0 Å². The van der Waals surface area contributed by atoms with Crippen molar-refractivity contribution >= 4 is 49.0 Å². The highest BCUT2D eigenvalue weighted by Crippen LogP contribution is 2.43. The largest absolute Gasteiger partial charge is 0.497 e. The van der Waals surface area contributed by atoms with Gasteiger partial charge in [0.1, 0.15) is 17.1 Å². The monoisotopic (exact) mass is 711 g/mol. The summed E-state index contributed by atoms with van der Waals surface area (Å²) in [6, 6.07) is 49.4. The van der Waals surface area contributed by atoms with Gasteiger partial charge in [-0.3, -0.25) is 4.79 Å². The van der Waals surface area contributed by atoms with Gasteiger partial charge in [0.05, 0.1) is 39.4 Å². The molecule has 1 fully saturated rings. The Bertz CT molecular complexity index is 2500. The predicted molar refractivity (Wildman–Crippen MR) is 216 cm³/mol. The highest BCUT2D eigenvalue weighted by Gasteiger charge is 2.41. The van der Waals surface area contributed by atoms with E-state index >= 15 is 0 Å². The zero-order valence-electron chi connectivity index (χ0n) is 30.4. The summed E-state index contributed by atoms with van der Waals surface area (Å²) in [5.74, 6) is 1.45. The van der Waals surface area contributed by atoms with Gasteiger partial charge in [0, 0.05) is 6.54 Å². The number of methoxy groups -OCH3 is 2. The van der Waals surface area contributed by atoms with Crippen LogP contribution in [-0.2, 0) is 21.6 Å². The maximum absolute atomic E-state index is 14.4. The number of nitrogens with zero attached hydrogens (tertiary/aromatic N) is 1. The van der Waals surface area contributed by atoms with Gasteiger partial charge in [-0.25, -0.2) is 0 Å². The van der Waals surface area contributed by atoms with E-state index in [1.165, 1.54) is 37.7 Å². The maximum Gasteiger partial charge on any atom is 0.227 e. The van der Waals surface area contributed by atoms with Crippen LogP contribution in [0.3, 0.4) is 0 Å². The fourth-order valence-corrected chi connectivity index (χ4v) is 8.78. The van der Waals surface area contributed by atoms with Crippen LogP contribution >= 0.6 is 0 Å². The summed E-state index contributed by atoms with van der Waals surface area (Å²) in [6.45, 7) is 0.466. The van der Waals surface area contributed by atoms with Crippen LogP contribution in [-0.4, -0.2) is 55.4 Å². The van der Waals surface area contributed by atoms with Gasteiger partial charge in [0.2, 0.25) is 5.91 Å². The third-order valence-corrected chi connectivity index (χ3v) is 11.3. The van der Waals surface area contributed by atoms with Crippen molar-refractivity contribution in [2.75, 3.05) is 27.4 Å². The number of ether oxygens (including phenoxy) is 3. The van der Waals surface area contributed by atoms with E-state index in [4.69, 9.17) is 14.2 Å². The van der Waals surface area contributed by atoms with E-state index in [-0.39, 0.29) is 31.5 Å². The number of likely N-dealkylation sites (tertiary alicyclic amines) is 1. The minimum Gasteiger partial charge on any atom is -0.497 e. The second kappa shape index (κ2) is 13.8. The normalized spacial score (nSPS) is 16.2. The molecule has 1 aliphatic heterocycles. The third kappa shape index (κ3) is 5.61. The fraction of sp³-hybridized carbons (Fsp3) is 0.188. The van der Waals surface area contributed by atoms with Gasteiger partial charge in [-0.1, -0.05) is 121 Å². The van der Waals surface area contributed by atoms with Crippen LogP contribution in [0.15, 0.2) is 146 Å². The van der Waals surface area contributed by atoms with Gasteiger partial charge in [-0.15, -0.1) is 0 Å². The summed E-state index contributed by atoms with van der Waals surface area (Å²) in [7, 11) is 3.31. The Hall–Kier alpha value is -5.95. The zero-order valence-corrected chi connectivity index (χ0v) is 30.4. The molecule has 6 heteroatoms. The van der Waals surface area contributed by atoms with Gasteiger partial charge in [0.15, 0.2) is 0 Å². The molecule has 6 nitrogen and oxygen atoms in total. The number of amides is 1. The van der Waals surface area contributed by atoms with E-state index in [9.17, 15) is 9.90 Å². The molecule has 1 saturated heterocycles. The third-order valence-electron chi connectivity index (χ3n) is 11.3. The van der Waals surface area contributed by atoms with Crippen molar-refractivity contribution in [2.24, 2.45) is 0 Å². The van der Waals surface area contributed by atoms with E-state index in [1.807, 2.05) is 71.6 Å². The number of β-amino-alcohol motifs (C(OH)–C–C–N with tert-alkyl or cyclic N) is 1. The van der Waals surface area contributed by atoms with Crippen molar-refractivity contribution in [1.29, 1.82) is 0 Å². The molecule has 1 amide bonds. The van der Waals surface area contributed by atoms with Crippen LogP contribution in [0.5, 0.6) is 11.5 Å². The quantitative estimate of drug-likeness (QED) is 0.0871. The lowest BCUT2D eigenvalue weighted by Crippen LogP contribution is -2.42. The molecule has 2 atom stereocenters. The molecular weight excluding hydrogens is 671 g/mol. The minimum absolute atomic E-state index is 0.0293. The molecule has 1 aliphatic rings. The number of carbonyl (C=O) groups excluding carboxylic acids is 1. The van der Waals surface area contributed by atoms with Crippen LogP contribution in [0, 0.1) is 0 Å². The number of aliphatic hydroxyl groups is 1. The molecule has 0 aromatic heterocycles. The zero-order chi connectivity index (χ0) is 36.8. The average Bonchev–Trinajstić information content (AvgIpc) is 3.61. The maximum atomic E-state index is 14.4. The van der Waals surface area contributed by atoms with E-state index < -0.39 is 11.7 Å². The fourth-order valence-electron chi connectivity index (χ4n) is 8.78. The highest BCUT2D eigenvalue weighted by molar-refractivity contribution is 6.33. The standard InChI is InChI=1S/C48H41NO5/c1-52-38-22-18-34(19-23-38)48(33-11-4-3-5-12-33,35-20-24-39(53-2)25-21-35)54-30-36-28-37(50)29-49(36)45(51)27-32-17-26-44-42-15-7-10-31-9-6-14-41(46(31)42)43-16-8-13-40(32)47(43)44/h3-26,36-37,50H,27-30H2,1-2H3/t36-,37+/m0/s1. The summed E-state index contributed by atoms with van der Waals surface area (Å²) in [5, 5.41) is 20.6. The Morgan fingerprint density at radius 1 is 0.630 bits per heavy atom. The Labute approximate surface area is 314 Å². The Morgan fingerprint density at radius 3 is 1.78 bits per heavy atom. The highest BCUT2D eigenvalue weighted by atomic mass is 16.5.